The van der Waals surface area contributed by atoms with Gasteiger partial charge in [0.15, 0.2) is 0 Å². The SMILES string of the molecule is O=c1[nH]cnc2c(-c3ccc4c(c3)ncn4C3CCCCC3)sc(N3CCCC3CCO)c12. The number of rotatable bonds is 5. The third-order valence-electron chi connectivity index (χ3n) is 7.39. The maximum Gasteiger partial charge on any atom is 0.261 e. The van der Waals surface area contributed by atoms with E-state index < -0.39 is 0 Å². The molecule has 1 aliphatic carbocycles. The van der Waals surface area contributed by atoms with Gasteiger partial charge in [-0.25, -0.2) is 9.97 Å². The zero-order chi connectivity index (χ0) is 22.4. The van der Waals surface area contributed by atoms with E-state index in [-0.39, 0.29) is 18.2 Å². The van der Waals surface area contributed by atoms with E-state index in [9.17, 15) is 9.90 Å². The van der Waals surface area contributed by atoms with Crippen molar-refractivity contribution in [3.8, 4) is 10.4 Å². The van der Waals surface area contributed by atoms with Crippen molar-refractivity contribution in [2.24, 2.45) is 0 Å². The molecule has 2 fully saturated rings. The molecule has 0 radical (unpaired) electrons. The van der Waals surface area contributed by atoms with Gasteiger partial charge in [-0.15, -0.1) is 11.3 Å². The van der Waals surface area contributed by atoms with Gasteiger partial charge in [0.05, 0.1) is 34.1 Å². The Balaban J connectivity index is 1.45. The topological polar surface area (TPSA) is 87.0 Å². The summed E-state index contributed by atoms with van der Waals surface area (Å²) in [5, 5.41) is 11.2. The number of imidazole rings is 1. The summed E-state index contributed by atoms with van der Waals surface area (Å²) in [7, 11) is 0. The summed E-state index contributed by atoms with van der Waals surface area (Å²) in [6.07, 6.45) is 12.7. The first-order valence-corrected chi connectivity index (χ1v) is 12.9. The van der Waals surface area contributed by atoms with Crippen LogP contribution < -0.4 is 10.5 Å². The molecule has 1 aliphatic heterocycles. The summed E-state index contributed by atoms with van der Waals surface area (Å²) < 4.78 is 2.35. The van der Waals surface area contributed by atoms with Gasteiger partial charge in [0.1, 0.15) is 10.4 Å². The van der Waals surface area contributed by atoms with Crippen molar-refractivity contribution in [2.75, 3.05) is 18.1 Å². The highest BCUT2D eigenvalue weighted by atomic mass is 32.1. The van der Waals surface area contributed by atoms with Gasteiger partial charge in [0, 0.05) is 25.2 Å². The summed E-state index contributed by atoms with van der Waals surface area (Å²) in [6, 6.07) is 7.27. The fourth-order valence-corrected chi connectivity index (χ4v) is 7.08. The molecule has 2 aliphatic rings. The Labute approximate surface area is 196 Å². The largest absolute Gasteiger partial charge is 0.396 e. The molecule has 2 N–H and O–H groups in total. The second-order valence-electron chi connectivity index (χ2n) is 9.34. The first kappa shape index (κ1) is 20.9. The van der Waals surface area contributed by atoms with E-state index in [1.54, 1.807) is 11.3 Å². The highest BCUT2D eigenvalue weighted by Gasteiger charge is 2.29. The molecule has 0 spiro atoms. The van der Waals surface area contributed by atoms with Gasteiger partial charge >= 0.3 is 0 Å². The summed E-state index contributed by atoms with van der Waals surface area (Å²) in [6.45, 7) is 1.06. The molecular weight excluding hydrogens is 434 g/mol. The second kappa shape index (κ2) is 8.57. The number of fused-ring (bicyclic) bond motifs is 2. The molecule has 4 heterocycles. The fraction of sp³-hybridized carbons (Fsp3) is 0.480. The van der Waals surface area contributed by atoms with Crippen molar-refractivity contribution < 1.29 is 5.11 Å². The minimum absolute atomic E-state index is 0.102. The maximum absolute atomic E-state index is 12.9. The number of thiophene rings is 1. The Hall–Kier alpha value is -2.71. The predicted molar refractivity (Wildman–Crippen MR) is 133 cm³/mol. The summed E-state index contributed by atoms with van der Waals surface area (Å²) in [5.74, 6) is 0. The van der Waals surface area contributed by atoms with Crippen molar-refractivity contribution in [3.05, 3.63) is 41.2 Å². The number of benzene rings is 1. The molecule has 33 heavy (non-hydrogen) atoms. The second-order valence-corrected chi connectivity index (χ2v) is 10.3. The van der Waals surface area contributed by atoms with E-state index in [2.05, 4.69) is 37.6 Å². The lowest BCUT2D eigenvalue weighted by Gasteiger charge is -2.24. The van der Waals surface area contributed by atoms with Crippen LogP contribution in [0.5, 0.6) is 0 Å². The molecule has 6 rings (SSSR count). The summed E-state index contributed by atoms with van der Waals surface area (Å²) in [5.41, 5.74) is 3.87. The molecule has 1 saturated carbocycles. The van der Waals surface area contributed by atoms with Gasteiger partial charge in [0.25, 0.3) is 5.56 Å². The fourth-order valence-electron chi connectivity index (χ4n) is 5.74. The molecule has 3 aromatic heterocycles. The smallest absolute Gasteiger partial charge is 0.261 e. The Morgan fingerprint density at radius 2 is 2.00 bits per heavy atom. The number of aromatic nitrogens is 4. The van der Waals surface area contributed by atoms with Crippen LogP contribution in [0.15, 0.2) is 35.6 Å². The van der Waals surface area contributed by atoms with Crippen molar-refractivity contribution >= 4 is 38.3 Å². The van der Waals surface area contributed by atoms with Gasteiger partial charge in [0.2, 0.25) is 0 Å². The molecular formula is C25H29N5O2S. The molecule has 0 bridgehead atoms. The van der Waals surface area contributed by atoms with Crippen LogP contribution in [0.25, 0.3) is 32.4 Å². The molecule has 172 valence electrons. The number of nitrogens with zero attached hydrogens (tertiary/aromatic N) is 4. The van der Waals surface area contributed by atoms with E-state index in [1.165, 1.54) is 43.9 Å². The highest BCUT2D eigenvalue weighted by molar-refractivity contribution is 7.21. The third-order valence-corrected chi connectivity index (χ3v) is 8.65. The normalized spacial score (nSPS) is 19.8. The number of aromatic amines is 1. The molecule has 1 atom stereocenters. The van der Waals surface area contributed by atoms with Crippen molar-refractivity contribution in [1.82, 2.24) is 19.5 Å². The van der Waals surface area contributed by atoms with Crippen LogP contribution in [0, 0.1) is 0 Å². The van der Waals surface area contributed by atoms with Gasteiger partial charge in [-0.1, -0.05) is 25.3 Å². The van der Waals surface area contributed by atoms with E-state index in [1.807, 2.05) is 6.33 Å². The first-order valence-electron chi connectivity index (χ1n) is 12.1. The number of nitrogens with one attached hydrogen (secondary N) is 1. The zero-order valence-corrected chi connectivity index (χ0v) is 19.5. The van der Waals surface area contributed by atoms with Crippen LogP contribution in [-0.4, -0.2) is 43.8 Å². The van der Waals surface area contributed by atoms with E-state index in [0.717, 1.165) is 52.3 Å². The molecule has 1 aromatic carbocycles. The lowest BCUT2D eigenvalue weighted by Crippen LogP contribution is -2.30. The van der Waals surface area contributed by atoms with Crippen molar-refractivity contribution in [3.63, 3.8) is 0 Å². The Morgan fingerprint density at radius 3 is 2.85 bits per heavy atom. The van der Waals surface area contributed by atoms with Gasteiger partial charge in [-0.05, 0) is 49.8 Å². The maximum atomic E-state index is 12.9. The molecule has 4 aromatic rings. The van der Waals surface area contributed by atoms with Crippen LogP contribution in [0.2, 0.25) is 0 Å². The number of anilines is 1. The van der Waals surface area contributed by atoms with Crippen LogP contribution >= 0.6 is 11.3 Å². The zero-order valence-electron chi connectivity index (χ0n) is 18.7. The van der Waals surface area contributed by atoms with Crippen LogP contribution in [0.4, 0.5) is 5.00 Å². The first-order chi connectivity index (χ1) is 16.2. The monoisotopic (exact) mass is 463 g/mol. The third kappa shape index (κ3) is 3.56. The quantitative estimate of drug-likeness (QED) is 0.441. The van der Waals surface area contributed by atoms with E-state index in [0.29, 0.717) is 11.4 Å². The molecule has 8 heteroatoms. The van der Waals surface area contributed by atoms with Crippen molar-refractivity contribution in [1.29, 1.82) is 0 Å². The number of hydrogen-bond acceptors (Lipinski definition) is 6. The van der Waals surface area contributed by atoms with Gasteiger partial charge in [-0.2, -0.15) is 0 Å². The van der Waals surface area contributed by atoms with Crippen molar-refractivity contribution in [2.45, 2.75) is 63.5 Å². The Bertz CT molecular complexity index is 1350. The van der Waals surface area contributed by atoms with Gasteiger partial charge in [-0.3, -0.25) is 4.79 Å². The Kier molecular flexibility index (Phi) is 5.42. The molecule has 1 unspecified atom stereocenters. The lowest BCUT2D eigenvalue weighted by molar-refractivity contribution is 0.276. The standard InChI is InChI=1S/C25H29N5O2S/c31-12-10-18-7-4-11-29(18)25-21-22(26-14-27-24(21)32)23(33-25)16-8-9-20-19(13-16)28-15-30(20)17-5-2-1-3-6-17/h8-9,13-15,17-18,31H,1-7,10-12H2,(H,26,27,32). The molecule has 0 amide bonds. The lowest BCUT2D eigenvalue weighted by atomic mass is 9.95. The molecule has 7 nitrogen and oxygen atoms in total. The van der Waals surface area contributed by atoms with Gasteiger partial charge < -0.3 is 19.6 Å². The average molecular weight is 464 g/mol. The summed E-state index contributed by atoms with van der Waals surface area (Å²) >= 11 is 1.64. The number of H-pyrrole nitrogens is 1. The van der Waals surface area contributed by atoms with Crippen LogP contribution in [-0.2, 0) is 0 Å². The minimum Gasteiger partial charge on any atom is -0.396 e. The predicted octanol–water partition coefficient (Wildman–Crippen LogP) is 4.86. The number of hydrogen-bond donors (Lipinski definition) is 2. The summed E-state index contributed by atoms with van der Waals surface area (Å²) in [4.78, 5) is 28.3. The average Bonchev–Trinajstić information content (AvgIpc) is 3.56. The van der Waals surface area contributed by atoms with E-state index in [4.69, 9.17) is 4.98 Å². The number of aliphatic hydroxyl groups excluding tert-OH is 1. The highest BCUT2D eigenvalue weighted by Crippen LogP contribution is 2.44. The molecule has 1 saturated heterocycles. The minimum atomic E-state index is -0.102. The van der Waals surface area contributed by atoms with Crippen LogP contribution in [0.3, 0.4) is 0 Å². The Morgan fingerprint density at radius 1 is 1.12 bits per heavy atom. The number of aliphatic hydroxyl groups is 1. The van der Waals surface area contributed by atoms with Crippen LogP contribution in [0.1, 0.15) is 57.4 Å². The van der Waals surface area contributed by atoms with E-state index >= 15 is 0 Å².